The van der Waals surface area contributed by atoms with Crippen molar-refractivity contribution in [2.45, 2.75) is 13.5 Å². The lowest BCUT2D eigenvalue weighted by Gasteiger charge is -2.05. The molecule has 1 amide bonds. The summed E-state index contributed by atoms with van der Waals surface area (Å²) in [5.41, 5.74) is 2.89. The highest BCUT2D eigenvalue weighted by atomic mass is 16.4. The number of nitrogens with zero attached hydrogens (tertiary/aromatic N) is 1. The number of aryl methyl sites for hydroxylation is 1. The van der Waals surface area contributed by atoms with Gasteiger partial charge in [0.05, 0.1) is 0 Å². The SMILES string of the molecule is CCn1c2ccccc2c2cc(NC(=O)/C=C/C(=O)O)ccc21. The van der Waals surface area contributed by atoms with Crippen LogP contribution in [0.25, 0.3) is 21.8 Å². The van der Waals surface area contributed by atoms with Gasteiger partial charge in [0.15, 0.2) is 0 Å². The Hall–Kier alpha value is -3.08. The third-order valence-corrected chi connectivity index (χ3v) is 3.73. The van der Waals surface area contributed by atoms with Gasteiger partial charge < -0.3 is 15.0 Å². The van der Waals surface area contributed by atoms with Gasteiger partial charge in [0.1, 0.15) is 0 Å². The number of aromatic nitrogens is 1. The van der Waals surface area contributed by atoms with Gasteiger partial charge in [-0.05, 0) is 31.2 Å². The Morgan fingerprint density at radius 3 is 2.57 bits per heavy atom. The highest BCUT2D eigenvalue weighted by molar-refractivity contribution is 6.10. The first-order valence-corrected chi connectivity index (χ1v) is 7.33. The average molecular weight is 308 g/mol. The number of nitrogens with one attached hydrogen (secondary N) is 1. The van der Waals surface area contributed by atoms with Crippen molar-refractivity contribution in [1.29, 1.82) is 0 Å². The fraction of sp³-hybridized carbons (Fsp3) is 0.111. The molecule has 0 saturated carbocycles. The normalized spacial score (nSPS) is 11.3. The van der Waals surface area contributed by atoms with Crippen molar-refractivity contribution in [2.75, 3.05) is 5.32 Å². The molecule has 3 rings (SSSR count). The summed E-state index contributed by atoms with van der Waals surface area (Å²) >= 11 is 0. The minimum Gasteiger partial charge on any atom is -0.478 e. The van der Waals surface area contributed by atoms with E-state index in [1.54, 1.807) is 0 Å². The van der Waals surface area contributed by atoms with Gasteiger partial charge >= 0.3 is 5.97 Å². The largest absolute Gasteiger partial charge is 0.478 e. The number of aliphatic carboxylic acids is 1. The number of carboxylic acids is 1. The molecule has 0 bridgehead atoms. The number of hydrogen-bond acceptors (Lipinski definition) is 2. The summed E-state index contributed by atoms with van der Waals surface area (Å²) in [5.74, 6) is -1.62. The molecule has 0 radical (unpaired) electrons. The van der Waals surface area contributed by atoms with Gasteiger partial charge in [-0.25, -0.2) is 4.79 Å². The minimum absolute atomic E-state index is 0.467. The maximum Gasteiger partial charge on any atom is 0.328 e. The smallest absolute Gasteiger partial charge is 0.328 e. The number of para-hydroxylation sites is 1. The molecule has 5 heteroatoms. The number of benzene rings is 2. The number of amides is 1. The molecule has 5 nitrogen and oxygen atoms in total. The summed E-state index contributed by atoms with van der Waals surface area (Å²) in [5, 5.41) is 13.4. The van der Waals surface area contributed by atoms with Crippen molar-refractivity contribution in [3.8, 4) is 0 Å². The van der Waals surface area contributed by atoms with Crippen molar-refractivity contribution in [3.05, 3.63) is 54.6 Å². The molecule has 3 aromatic rings. The molecule has 0 atom stereocenters. The van der Waals surface area contributed by atoms with Gasteiger partial charge in [-0.15, -0.1) is 0 Å². The Balaban J connectivity index is 2.04. The van der Waals surface area contributed by atoms with E-state index in [1.807, 2.05) is 30.3 Å². The van der Waals surface area contributed by atoms with Crippen LogP contribution in [0.3, 0.4) is 0 Å². The van der Waals surface area contributed by atoms with Crippen LogP contribution in [0.4, 0.5) is 5.69 Å². The predicted molar refractivity (Wildman–Crippen MR) is 90.5 cm³/mol. The van der Waals surface area contributed by atoms with Gasteiger partial charge in [0, 0.05) is 46.2 Å². The monoisotopic (exact) mass is 308 g/mol. The number of rotatable bonds is 4. The molecular weight excluding hydrogens is 292 g/mol. The Bertz CT molecular complexity index is 938. The second-order valence-electron chi connectivity index (χ2n) is 5.15. The number of anilines is 1. The molecule has 0 aliphatic carbocycles. The van der Waals surface area contributed by atoms with Gasteiger partial charge in [0.2, 0.25) is 5.91 Å². The molecule has 2 N–H and O–H groups in total. The molecule has 1 heterocycles. The average Bonchev–Trinajstić information content (AvgIpc) is 2.86. The van der Waals surface area contributed by atoms with E-state index in [2.05, 4.69) is 28.9 Å². The second kappa shape index (κ2) is 5.96. The zero-order valence-electron chi connectivity index (χ0n) is 12.6. The van der Waals surface area contributed by atoms with Crippen molar-refractivity contribution in [2.24, 2.45) is 0 Å². The first-order valence-electron chi connectivity index (χ1n) is 7.33. The fourth-order valence-corrected chi connectivity index (χ4v) is 2.80. The van der Waals surface area contributed by atoms with Crippen molar-refractivity contribution < 1.29 is 14.7 Å². The van der Waals surface area contributed by atoms with E-state index in [1.165, 1.54) is 0 Å². The van der Waals surface area contributed by atoms with Gasteiger partial charge in [0.25, 0.3) is 0 Å². The molecule has 0 unspecified atom stereocenters. The Kier molecular flexibility index (Phi) is 3.85. The van der Waals surface area contributed by atoms with E-state index in [9.17, 15) is 9.59 Å². The summed E-state index contributed by atoms with van der Waals surface area (Å²) in [7, 11) is 0. The van der Waals surface area contributed by atoms with Crippen LogP contribution in [-0.4, -0.2) is 21.6 Å². The molecule has 1 aromatic heterocycles. The highest BCUT2D eigenvalue weighted by Crippen LogP contribution is 2.30. The van der Waals surface area contributed by atoms with E-state index in [4.69, 9.17) is 5.11 Å². The zero-order valence-corrected chi connectivity index (χ0v) is 12.6. The number of fused-ring (bicyclic) bond motifs is 3. The van der Waals surface area contributed by atoms with Gasteiger partial charge in [-0.3, -0.25) is 4.79 Å². The molecule has 116 valence electrons. The van der Waals surface area contributed by atoms with Crippen LogP contribution in [0.1, 0.15) is 6.92 Å². The first kappa shape index (κ1) is 14.8. The number of carbonyl (C=O) groups excluding carboxylic acids is 1. The third-order valence-electron chi connectivity index (χ3n) is 3.73. The molecular formula is C18H16N2O3. The van der Waals surface area contributed by atoms with Crippen LogP contribution in [0.5, 0.6) is 0 Å². The van der Waals surface area contributed by atoms with E-state index in [0.717, 1.165) is 40.5 Å². The topological polar surface area (TPSA) is 71.3 Å². The lowest BCUT2D eigenvalue weighted by Crippen LogP contribution is -2.08. The van der Waals surface area contributed by atoms with Gasteiger partial charge in [-0.2, -0.15) is 0 Å². The maximum absolute atomic E-state index is 11.7. The number of carboxylic acid groups (broad SMARTS) is 1. The van der Waals surface area contributed by atoms with E-state index in [0.29, 0.717) is 5.69 Å². The molecule has 2 aromatic carbocycles. The van der Waals surface area contributed by atoms with Gasteiger partial charge in [-0.1, -0.05) is 18.2 Å². The Morgan fingerprint density at radius 1 is 1.09 bits per heavy atom. The summed E-state index contributed by atoms with van der Waals surface area (Å²) in [6.07, 6.45) is 1.82. The highest BCUT2D eigenvalue weighted by Gasteiger charge is 2.10. The summed E-state index contributed by atoms with van der Waals surface area (Å²) in [4.78, 5) is 22.2. The molecule has 0 aliphatic heterocycles. The first-order chi connectivity index (χ1) is 11.1. The molecule has 0 spiro atoms. The molecule has 0 fully saturated rings. The quantitative estimate of drug-likeness (QED) is 0.726. The lowest BCUT2D eigenvalue weighted by atomic mass is 10.1. The van der Waals surface area contributed by atoms with E-state index < -0.39 is 11.9 Å². The minimum atomic E-state index is -1.15. The standard InChI is InChI=1S/C18H16N2O3/c1-2-20-15-6-4-3-5-13(15)14-11-12(7-8-16(14)20)19-17(21)9-10-18(22)23/h3-11H,2H2,1H3,(H,19,21)(H,22,23)/b10-9+. The van der Waals surface area contributed by atoms with E-state index >= 15 is 0 Å². The van der Waals surface area contributed by atoms with Crippen LogP contribution >= 0.6 is 0 Å². The Labute approximate surface area is 132 Å². The zero-order chi connectivity index (χ0) is 16.4. The summed E-state index contributed by atoms with van der Waals surface area (Å²) in [6.45, 7) is 2.95. The van der Waals surface area contributed by atoms with Crippen molar-refractivity contribution in [3.63, 3.8) is 0 Å². The molecule has 0 saturated heterocycles. The fourth-order valence-electron chi connectivity index (χ4n) is 2.80. The third kappa shape index (κ3) is 2.81. The van der Waals surface area contributed by atoms with Crippen LogP contribution in [-0.2, 0) is 16.1 Å². The summed E-state index contributed by atoms with van der Waals surface area (Å²) in [6, 6.07) is 13.8. The van der Waals surface area contributed by atoms with Crippen LogP contribution in [0, 0.1) is 0 Å². The van der Waals surface area contributed by atoms with Crippen molar-refractivity contribution in [1.82, 2.24) is 4.57 Å². The predicted octanol–water partition coefficient (Wildman–Crippen LogP) is 3.39. The maximum atomic E-state index is 11.7. The van der Waals surface area contributed by atoms with Crippen LogP contribution in [0.15, 0.2) is 54.6 Å². The number of carbonyl (C=O) groups is 2. The van der Waals surface area contributed by atoms with Crippen LogP contribution in [0.2, 0.25) is 0 Å². The van der Waals surface area contributed by atoms with Crippen molar-refractivity contribution >= 4 is 39.4 Å². The molecule has 0 aliphatic rings. The van der Waals surface area contributed by atoms with E-state index in [-0.39, 0.29) is 0 Å². The summed E-state index contributed by atoms with van der Waals surface area (Å²) < 4.78 is 2.22. The molecule has 23 heavy (non-hydrogen) atoms. The van der Waals surface area contributed by atoms with Crippen LogP contribution < -0.4 is 5.32 Å². The second-order valence-corrected chi connectivity index (χ2v) is 5.15. The Morgan fingerprint density at radius 2 is 1.83 bits per heavy atom. The lowest BCUT2D eigenvalue weighted by molar-refractivity contribution is -0.131. The number of hydrogen-bond donors (Lipinski definition) is 2.